The minimum atomic E-state index is 1.10. The molecular weight excluding hydrogens is 156 g/mol. The van der Waals surface area contributed by atoms with Gasteiger partial charge in [0, 0.05) is 0 Å². The van der Waals surface area contributed by atoms with Gasteiger partial charge in [0.1, 0.15) is 0 Å². The normalized spacial score (nSPS) is 15.6. The van der Waals surface area contributed by atoms with E-state index in [0.717, 1.165) is 6.42 Å². The lowest BCUT2D eigenvalue weighted by Crippen LogP contribution is -1.77. The van der Waals surface area contributed by atoms with E-state index >= 15 is 0 Å². The van der Waals surface area contributed by atoms with E-state index in [1.807, 2.05) is 13.8 Å². The summed E-state index contributed by atoms with van der Waals surface area (Å²) in [4.78, 5) is 0. The molecule has 0 aliphatic heterocycles. The lowest BCUT2D eigenvalue weighted by molar-refractivity contribution is 1.09. The minimum Gasteiger partial charge on any atom is -0.0841 e. The van der Waals surface area contributed by atoms with Gasteiger partial charge in [-0.1, -0.05) is 64.5 Å². The summed E-state index contributed by atoms with van der Waals surface area (Å²) >= 11 is 0. The Hall–Kier alpha value is -0.780. The van der Waals surface area contributed by atoms with Crippen molar-refractivity contribution in [2.24, 2.45) is 0 Å². The standard InChI is InChI=1S/C8H10.C3H8.C2H6/c1-2-8-6-4-3-5-7-8;1-3-2;1-2/h2-6H,7H2,1H3;3H2,1-2H3;1-2H3/b8-2-;;. The molecule has 0 aromatic heterocycles. The minimum absolute atomic E-state index is 1.10. The van der Waals surface area contributed by atoms with Crippen molar-refractivity contribution in [1.82, 2.24) is 0 Å². The van der Waals surface area contributed by atoms with Crippen molar-refractivity contribution >= 4 is 0 Å². The molecule has 1 rings (SSSR count). The smallest absolute Gasteiger partial charge is 0.00976 e. The molecule has 0 nitrogen and oxygen atoms in total. The van der Waals surface area contributed by atoms with Crippen LogP contribution in [-0.2, 0) is 0 Å². The highest BCUT2D eigenvalue weighted by atomic mass is 13.9. The molecule has 0 saturated carbocycles. The molecule has 0 aromatic rings. The topological polar surface area (TPSA) is 0 Å². The second-order valence-corrected chi connectivity index (χ2v) is 2.56. The van der Waals surface area contributed by atoms with Gasteiger partial charge >= 0.3 is 0 Å². The zero-order chi connectivity index (χ0) is 10.5. The predicted molar refractivity (Wildman–Crippen MR) is 64.0 cm³/mol. The van der Waals surface area contributed by atoms with E-state index in [4.69, 9.17) is 0 Å². The number of allylic oxidation sites excluding steroid dienone is 6. The second kappa shape index (κ2) is 13.8. The van der Waals surface area contributed by atoms with Crippen LogP contribution < -0.4 is 0 Å². The van der Waals surface area contributed by atoms with Crippen LogP contribution in [-0.4, -0.2) is 0 Å². The van der Waals surface area contributed by atoms with Crippen LogP contribution in [0.5, 0.6) is 0 Å². The molecule has 1 aliphatic carbocycles. The molecule has 0 saturated heterocycles. The Balaban J connectivity index is 0. The molecule has 0 heterocycles. The highest BCUT2D eigenvalue weighted by molar-refractivity contribution is 5.28. The zero-order valence-corrected chi connectivity index (χ0v) is 9.80. The summed E-state index contributed by atoms with van der Waals surface area (Å²) in [6.45, 7) is 10.3. The molecule has 0 atom stereocenters. The Morgan fingerprint density at radius 3 is 2.00 bits per heavy atom. The van der Waals surface area contributed by atoms with E-state index in [9.17, 15) is 0 Å². The Bertz CT molecular complexity index is 159. The molecule has 0 amide bonds. The van der Waals surface area contributed by atoms with Gasteiger partial charge in [0.25, 0.3) is 0 Å². The summed E-state index contributed by atoms with van der Waals surface area (Å²) in [6, 6.07) is 0. The molecule has 0 spiro atoms. The van der Waals surface area contributed by atoms with Gasteiger partial charge in [-0.05, 0) is 18.9 Å². The summed E-state index contributed by atoms with van der Waals surface area (Å²) in [7, 11) is 0. The fraction of sp³-hybridized carbons (Fsp3) is 0.538. The molecule has 0 N–H and O–H groups in total. The molecule has 76 valence electrons. The van der Waals surface area contributed by atoms with Gasteiger partial charge in [0.05, 0.1) is 0 Å². The summed E-state index contributed by atoms with van der Waals surface area (Å²) in [5.74, 6) is 0. The maximum Gasteiger partial charge on any atom is -0.00976 e. The summed E-state index contributed by atoms with van der Waals surface area (Å²) in [5, 5.41) is 0. The quantitative estimate of drug-likeness (QED) is 0.498. The van der Waals surface area contributed by atoms with Gasteiger partial charge in [-0.3, -0.25) is 0 Å². The van der Waals surface area contributed by atoms with Crippen LogP contribution in [0.3, 0.4) is 0 Å². The van der Waals surface area contributed by atoms with Crippen molar-refractivity contribution < 1.29 is 0 Å². The summed E-state index contributed by atoms with van der Waals surface area (Å²) < 4.78 is 0. The van der Waals surface area contributed by atoms with E-state index in [1.54, 1.807) is 0 Å². The van der Waals surface area contributed by atoms with Gasteiger partial charge in [-0.25, -0.2) is 0 Å². The number of hydrogen-bond acceptors (Lipinski definition) is 0. The first-order chi connectivity index (χ1) is 6.35. The van der Waals surface area contributed by atoms with Gasteiger partial charge in [0.2, 0.25) is 0 Å². The SMILES string of the molecule is C/C=C1/C=CC=CC1.CC.CCC. The van der Waals surface area contributed by atoms with Gasteiger partial charge < -0.3 is 0 Å². The molecule has 0 radical (unpaired) electrons. The van der Waals surface area contributed by atoms with Crippen LogP contribution >= 0.6 is 0 Å². The van der Waals surface area contributed by atoms with Crippen LogP contribution in [0.2, 0.25) is 0 Å². The maximum atomic E-state index is 2.16. The molecule has 0 unspecified atom stereocenters. The third kappa shape index (κ3) is 11.2. The molecule has 0 bridgehead atoms. The van der Waals surface area contributed by atoms with Gasteiger partial charge in [-0.15, -0.1) is 0 Å². The lowest BCUT2D eigenvalue weighted by Gasteiger charge is -1.97. The Morgan fingerprint density at radius 1 is 1.23 bits per heavy atom. The molecule has 13 heavy (non-hydrogen) atoms. The zero-order valence-electron chi connectivity index (χ0n) is 9.80. The van der Waals surface area contributed by atoms with Crippen LogP contribution in [0.1, 0.15) is 47.5 Å². The first-order valence-corrected chi connectivity index (χ1v) is 5.33. The van der Waals surface area contributed by atoms with E-state index < -0.39 is 0 Å². The van der Waals surface area contributed by atoms with Gasteiger partial charge in [-0.2, -0.15) is 0 Å². The highest BCUT2D eigenvalue weighted by Gasteiger charge is 1.87. The van der Waals surface area contributed by atoms with Crippen molar-refractivity contribution in [2.75, 3.05) is 0 Å². The van der Waals surface area contributed by atoms with Crippen LogP contribution in [0.15, 0.2) is 36.0 Å². The average Bonchev–Trinajstić information content (AvgIpc) is 2.23. The third-order valence-electron chi connectivity index (χ3n) is 1.28. The summed E-state index contributed by atoms with van der Waals surface area (Å²) in [5.41, 5.74) is 1.41. The molecular formula is C13H24. The monoisotopic (exact) mass is 180 g/mol. The molecule has 1 aliphatic rings. The van der Waals surface area contributed by atoms with E-state index in [1.165, 1.54) is 12.0 Å². The van der Waals surface area contributed by atoms with Crippen molar-refractivity contribution in [3.05, 3.63) is 36.0 Å². The van der Waals surface area contributed by atoms with Crippen LogP contribution in [0.4, 0.5) is 0 Å². The molecule has 0 heteroatoms. The highest BCUT2D eigenvalue weighted by Crippen LogP contribution is 2.08. The van der Waals surface area contributed by atoms with E-state index in [-0.39, 0.29) is 0 Å². The molecule has 0 aromatic carbocycles. The second-order valence-electron chi connectivity index (χ2n) is 2.56. The summed E-state index contributed by atoms with van der Waals surface area (Å²) in [6.07, 6.45) is 12.9. The number of hydrogen-bond donors (Lipinski definition) is 0. The first-order valence-electron chi connectivity index (χ1n) is 5.33. The van der Waals surface area contributed by atoms with Crippen LogP contribution in [0, 0.1) is 0 Å². The fourth-order valence-electron chi connectivity index (χ4n) is 0.744. The van der Waals surface area contributed by atoms with Crippen molar-refractivity contribution in [2.45, 2.75) is 47.5 Å². The maximum absolute atomic E-state index is 2.16. The third-order valence-corrected chi connectivity index (χ3v) is 1.28. The van der Waals surface area contributed by atoms with Crippen molar-refractivity contribution in [1.29, 1.82) is 0 Å². The Kier molecular flexibility index (Phi) is 15.6. The van der Waals surface area contributed by atoms with Crippen molar-refractivity contribution in [3.8, 4) is 0 Å². The van der Waals surface area contributed by atoms with Gasteiger partial charge in [0.15, 0.2) is 0 Å². The van der Waals surface area contributed by atoms with E-state index in [0.29, 0.717) is 0 Å². The fourth-order valence-corrected chi connectivity index (χ4v) is 0.744. The largest absolute Gasteiger partial charge is 0.0841 e. The van der Waals surface area contributed by atoms with Crippen molar-refractivity contribution in [3.63, 3.8) is 0 Å². The molecule has 0 fully saturated rings. The lowest BCUT2D eigenvalue weighted by atomic mass is 10.1. The Labute approximate surface area is 84.1 Å². The Morgan fingerprint density at radius 2 is 1.77 bits per heavy atom. The predicted octanol–water partition coefficient (Wildman–Crippen LogP) is 4.89. The first kappa shape index (κ1) is 14.7. The van der Waals surface area contributed by atoms with E-state index in [2.05, 4.69) is 51.2 Å². The van der Waals surface area contributed by atoms with Crippen LogP contribution in [0.25, 0.3) is 0 Å². The number of rotatable bonds is 0. The average molecular weight is 180 g/mol.